The molecule has 2 aromatic rings. The number of halogens is 2. The molecule has 2 rings (SSSR count). The lowest BCUT2D eigenvalue weighted by atomic mass is 10.2. The van der Waals surface area contributed by atoms with Crippen molar-refractivity contribution in [1.29, 1.82) is 0 Å². The summed E-state index contributed by atoms with van der Waals surface area (Å²) >= 11 is 11.8. The summed E-state index contributed by atoms with van der Waals surface area (Å²) in [6.07, 6.45) is 4.85. The summed E-state index contributed by atoms with van der Waals surface area (Å²) in [6, 6.07) is 8.63. The molecule has 1 aromatic carbocycles. The minimum absolute atomic E-state index is 0.0963. The Hall–Kier alpha value is -1.51. The van der Waals surface area contributed by atoms with Gasteiger partial charge in [-0.2, -0.15) is 0 Å². The van der Waals surface area contributed by atoms with Crippen LogP contribution in [0.25, 0.3) is 6.08 Å². The fourth-order valence-corrected chi connectivity index (χ4v) is 1.85. The zero-order valence-electron chi connectivity index (χ0n) is 8.78. The Kier molecular flexibility index (Phi) is 3.67. The van der Waals surface area contributed by atoms with E-state index in [1.807, 2.05) is 0 Å². The topological polar surface area (TPSA) is 32.9 Å². The highest BCUT2D eigenvalue weighted by atomic mass is 35.5. The SMILES string of the molecule is O=C(/C=C/c1ccc(Cl)cc1Cl)c1ccc[nH]1. The number of H-pyrrole nitrogens is 1. The van der Waals surface area contributed by atoms with Crippen LogP contribution in [-0.2, 0) is 0 Å². The molecule has 17 heavy (non-hydrogen) atoms. The van der Waals surface area contributed by atoms with E-state index >= 15 is 0 Å². The smallest absolute Gasteiger partial charge is 0.201 e. The zero-order valence-corrected chi connectivity index (χ0v) is 10.3. The molecule has 0 saturated carbocycles. The first-order valence-corrected chi connectivity index (χ1v) is 5.73. The van der Waals surface area contributed by atoms with Gasteiger partial charge in [-0.1, -0.05) is 29.3 Å². The van der Waals surface area contributed by atoms with Crippen LogP contribution >= 0.6 is 23.2 Å². The van der Waals surface area contributed by atoms with Gasteiger partial charge in [0.1, 0.15) is 0 Å². The van der Waals surface area contributed by atoms with E-state index in [2.05, 4.69) is 4.98 Å². The van der Waals surface area contributed by atoms with E-state index in [9.17, 15) is 4.79 Å². The quantitative estimate of drug-likeness (QED) is 0.654. The monoisotopic (exact) mass is 265 g/mol. The summed E-state index contributed by atoms with van der Waals surface area (Å²) in [5, 5.41) is 1.09. The van der Waals surface area contributed by atoms with Gasteiger partial charge in [0.2, 0.25) is 5.78 Å². The summed E-state index contributed by atoms with van der Waals surface area (Å²) in [5.41, 5.74) is 1.31. The molecular weight excluding hydrogens is 257 g/mol. The molecule has 0 unspecified atom stereocenters. The summed E-state index contributed by atoms with van der Waals surface area (Å²) in [6.45, 7) is 0. The second-order valence-electron chi connectivity index (χ2n) is 3.45. The molecule has 0 aliphatic rings. The number of rotatable bonds is 3. The molecule has 0 spiro atoms. The van der Waals surface area contributed by atoms with Crippen LogP contribution < -0.4 is 0 Å². The van der Waals surface area contributed by atoms with Crippen molar-refractivity contribution in [3.05, 3.63) is 63.9 Å². The first-order valence-electron chi connectivity index (χ1n) is 4.97. The molecule has 0 fully saturated rings. The van der Waals surface area contributed by atoms with Gasteiger partial charge in [-0.3, -0.25) is 4.79 Å². The van der Waals surface area contributed by atoms with Crippen molar-refractivity contribution in [2.75, 3.05) is 0 Å². The summed E-state index contributed by atoms with van der Waals surface area (Å²) in [7, 11) is 0. The molecule has 0 aliphatic heterocycles. The minimum atomic E-state index is -0.0963. The van der Waals surface area contributed by atoms with Crippen LogP contribution in [0.1, 0.15) is 16.1 Å². The van der Waals surface area contributed by atoms with Crippen molar-refractivity contribution in [1.82, 2.24) is 4.98 Å². The lowest BCUT2D eigenvalue weighted by Gasteiger charge is -1.98. The number of hydrogen-bond acceptors (Lipinski definition) is 1. The second kappa shape index (κ2) is 5.21. The molecule has 86 valence electrons. The lowest BCUT2D eigenvalue weighted by Crippen LogP contribution is -1.93. The molecule has 0 aliphatic carbocycles. The summed E-state index contributed by atoms with van der Waals surface area (Å²) in [5.74, 6) is -0.0963. The van der Waals surface area contributed by atoms with E-state index in [1.54, 1.807) is 42.6 Å². The van der Waals surface area contributed by atoms with Crippen LogP contribution in [0.3, 0.4) is 0 Å². The predicted molar refractivity (Wildman–Crippen MR) is 70.6 cm³/mol. The Balaban J connectivity index is 2.18. The minimum Gasteiger partial charge on any atom is -0.359 e. The molecular formula is C13H9Cl2NO. The molecule has 2 nitrogen and oxygen atoms in total. The van der Waals surface area contributed by atoms with Crippen LogP contribution in [0.5, 0.6) is 0 Å². The maximum absolute atomic E-state index is 11.7. The first-order chi connectivity index (χ1) is 8.16. The van der Waals surface area contributed by atoms with E-state index in [0.717, 1.165) is 5.56 Å². The van der Waals surface area contributed by atoms with Gasteiger partial charge in [-0.15, -0.1) is 0 Å². The van der Waals surface area contributed by atoms with Gasteiger partial charge in [0.25, 0.3) is 0 Å². The van der Waals surface area contributed by atoms with E-state index in [-0.39, 0.29) is 5.78 Å². The van der Waals surface area contributed by atoms with Crippen molar-refractivity contribution in [2.24, 2.45) is 0 Å². The molecule has 1 N–H and O–H groups in total. The Labute approximate surface area is 109 Å². The Morgan fingerprint density at radius 1 is 1.24 bits per heavy atom. The highest BCUT2D eigenvalue weighted by Gasteiger charge is 2.02. The molecule has 1 heterocycles. The van der Waals surface area contributed by atoms with Crippen molar-refractivity contribution in [3.8, 4) is 0 Å². The van der Waals surface area contributed by atoms with E-state index < -0.39 is 0 Å². The summed E-state index contributed by atoms with van der Waals surface area (Å²) in [4.78, 5) is 14.5. The van der Waals surface area contributed by atoms with Gasteiger partial charge in [-0.25, -0.2) is 0 Å². The Morgan fingerprint density at radius 2 is 2.06 bits per heavy atom. The number of ketones is 1. The van der Waals surface area contributed by atoms with Crippen LogP contribution in [0, 0.1) is 0 Å². The van der Waals surface area contributed by atoms with Gasteiger partial charge < -0.3 is 4.98 Å². The van der Waals surface area contributed by atoms with Crippen molar-refractivity contribution in [2.45, 2.75) is 0 Å². The number of allylic oxidation sites excluding steroid dienone is 1. The number of carbonyl (C=O) groups is 1. The molecule has 0 bridgehead atoms. The third-order valence-corrected chi connectivity index (χ3v) is 2.80. The van der Waals surface area contributed by atoms with E-state index in [0.29, 0.717) is 15.7 Å². The number of nitrogens with one attached hydrogen (secondary N) is 1. The number of benzene rings is 1. The first kappa shape index (κ1) is 12.0. The van der Waals surface area contributed by atoms with Crippen LogP contribution in [-0.4, -0.2) is 10.8 Å². The van der Waals surface area contributed by atoms with E-state index in [1.165, 1.54) is 6.08 Å². The maximum Gasteiger partial charge on any atom is 0.201 e. The average Bonchev–Trinajstić information content (AvgIpc) is 2.81. The normalized spacial score (nSPS) is 10.9. The fourth-order valence-electron chi connectivity index (χ4n) is 1.38. The van der Waals surface area contributed by atoms with Gasteiger partial charge in [0, 0.05) is 16.2 Å². The van der Waals surface area contributed by atoms with Gasteiger partial charge in [0.15, 0.2) is 0 Å². The lowest BCUT2D eigenvalue weighted by molar-refractivity contribution is 0.104. The van der Waals surface area contributed by atoms with Crippen LogP contribution in [0.4, 0.5) is 0 Å². The molecule has 1 aromatic heterocycles. The highest BCUT2D eigenvalue weighted by molar-refractivity contribution is 6.35. The number of aromatic nitrogens is 1. The molecule has 0 saturated heterocycles. The van der Waals surface area contributed by atoms with Crippen LogP contribution in [0.15, 0.2) is 42.6 Å². The third-order valence-electron chi connectivity index (χ3n) is 2.24. The third kappa shape index (κ3) is 2.99. The van der Waals surface area contributed by atoms with Gasteiger partial charge >= 0.3 is 0 Å². The van der Waals surface area contributed by atoms with Crippen molar-refractivity contribution >= 4 is 35.1 Å². The van der Waals surface area contributed by atoms with Crippen LogP contribution in [0.2, 0.25) is 10.0 Å². The molecule has 0 radical (unpaired) electrons. The largest absolute Gasteiger partial charge is 0.359 e. The maximum atomic E-state index is 11.7. The molecule has 4 heteroatoms. The van der Waals surface area contributed by atoms with Crippen molar-refractivity contribution < 1.29 is 4.79 Å². The standard InChI is InChI=1S/C13H9Cl2NO/c14-10-5-3-9(11(15)8-10)4-6-13(17)12-2-1-7-16-12/h1-8,16H/b6-4+. The summed E-state index contributed by atoms with van der Waals surface area (Å²) < 4.78 is 0. The molecule has 0 amide bonds. The Morgan fingerprint density at radius 3 is 2.71 bits per heavy atom. The number of carbonyl (C=O) groups excluding carboxylic acids is 1. The predicted octanol–water partition coefficient (Wildman–Crippen LogP) is 4.22. The highest BCUT2D eigenvalue weighted by Crippen LogP contribution is 2.22. The number of hydrogen-bond donors (Lipinski definition) is 1. The number of aromatic amines is 1. The Bertz CT molecular complexity index is 559. The van der Waals surface area contributed by atoms with Gasteiger partial charge in [0.05, 0.1) is 5.69 Å². The fraction of sp³-hybridized carbons (Fsp3) is 0. The van der Waals surface area contributed by atoms with Gasteiger partial charge in [-0.05, 0) is 42.0 Å². The van der Waals surface area contributed by atoms with E-state index in [4.69, 9.17) is 23.2 Å². The van der Waals surface area contributed by atoms with Crippen molar-refractivity contribution in [3.63, 3.8) is 0 Å². The molecule has 0 atom stereocenters. The average molecular weight is 266 g/mol. The zero-order chi connectivity index (χ0) is 12.3. The second-order valence-corrected chi connectivity index (χ2v) is 4.29.